The highest BCUT2D eigenvalue weighted by Crippen LogP contribution is 2.08. The molecule has 0 saturated heterocycles. The predicted molar refractivity (Wildman–Crippen MR) is 49.5 cm³/mol. The quantitative estimate of drug-likeness (QED) is 0.679. The van der Waals surface area contributed by atoms with Gasteiger partial charge in [0.05, 0.1) is 0 Å². The topological polar surface area (TPSA) is 58.9 Å². The summed E-state index contributed by atoms with van der Waals surface area (Å²) in [6.45, 7) is 1.94. The van der Waals surface area contributed by atoms with E-state index in [1.165, 1.54) is 0 Å². The summed E-state index contributed by atoms with van der Waals surface area (Å²) in [5, 5.41) is 0. The third kappa shape index (κ3) is 1.53. The molecule has 1 rings (SSSR count). The lowest BCUT2D eigenvalue weighted by Crippen LogP contribution is -2.14. The van der Waals surface area contributed by atoms with Gasteiger partial charge in [0, 0.05) is 11.8 Å². The van der Waals surface area contributed by atoms with Crippen molar-refractivity contribution in [2.24, 2.45) is 5.73 Å². The van der Waals surface area contributed by atoms with Crippen molar-refractivity contribution in [3.8, 4) is 0 Å². The summed E-state index contributed by atoms with van der Waals surface area (Å²) in [6, 6.07) is 1.65. The number of aromatic amines is 1. The molecular formula is C8H10N2OS. The number of carbonyl (C=O) groups excluding carboxylic acids is 1. The second kappa shape index (κ2) is 3.49. The van der Waals surface area contributed by atoms with Crippen molar-refractivity contribution >= 4 is 18.1 Å². The molecule has 0 atom stereocenters. The van der Waals surface area contributed by atoms with Crippen LogP contribution >= 0.6 is 12.2 Å². The summed E-state index contributed by atoms with van der Waals surface area (Å²) in [7, 11) is 0. The number of H-pyrrole nitrogens is 1. The van der Waals surface area contributed by atoms with Gasteiger partial charge < -0.3 is 10.7 Å². The molecule has 0 aliphatic heterocycles. The number of hydrogen-bond acceptors (Lipinski definition) is 2. The minimum atomic E-state index is -0.424. The molecule has 1 aromatic heterocycles. The van der Waals surface area contributed by atoms with Crippen LogP contribution in [-0.4, -0.2) is 10.9 Å². The van der Waals surface area contributed by atoms with E-state index in [2.05, 4.69) is 4.98 Å². The fraction of sp³-hybridized carbons (Fsp3) is 0.250. The Kier molecular flexibility index (Phi) is 2.60. The van der Waals surface area contributed by atoms with Crippen molar-refractivity contribution < 1.29 is 4.79 Å². The number of nitrogens with two attached hydrogens (primary N) is 1. The van der Waals surface area contributed by atoms with Crippen molar-refractivity contribution in [1.29, 1.82) is 0 Å². The molecule has 3 nitrogen and oxygen atoms in total. The van der Waals surface area contributed by atoms with Crippen LogP contribution in [0.5, 0.6) is 0 Å². The zero-order chi connectivity index (χ0) is 9.14. The number of amides is 1. The number of pyridine rings is 1. The van der Waals surface area contributed by atoms with Crippen LogP contribution in [0.4, 0.5) is 0 Å². The molecule has 4 heteroatoms. The smallest absolute Gasteiger partial charge is 0.249 e. The number of aromatic nitrogens is 1. The van der Waals surface area contributed by atoms with Crippen molar-refractivity contribution in [2.75, 3.05) is 0 Å². The first-order valence-electron chi connectivity index (χ1n) is 3.67. The molecule has 0 unspecified atom stereocenters. The predicted octanol–water partition coefficient (Wildman–Crippen LogP) is 1.41. The van der Waals surface area contributed by atoms with E-state index in [1.807, 2.05) is 6.92 Å². The van der Waals surface area contributed by atoms with Gasteiger partial charge in [0.15, 0.2) is 0 Å². The Morgan fingerprint density at radius 2 is 2.42 bits per heavy atom. The Morgan fingerprint density at radius 3 is 2.83 bits per heavy atom. The molecule has 3 N–H and O–H groups in total. The van der Waals surface area contributed by atoms with Crippen molar-refractivity contribution in [3.05, 3.63) is 28.0 Å². The Bertz CT molecular complexity index is 356. The van der Waals surface area contributed by atoms with Gasteiger partial charge in [-0.05, 0) is 18.1 Å². The maximum Gasteiger partial charge on any atom is 0.249 e. The molecule has 1 aromatic rings. The van der Waals surface area contributed by atoms with Crippen molar-refractivity contribution in [2.45, 2.75) is 13.3 Å². The molecule has 0 aliphatic rings. The zero-order valence-corrected chi connectivity index (χ0v) is 7.57. The summed E-state index contributed by atoms with van der Waals surface area (Å²) in [6.07, 6.45) is 2.34. The van der Waals surface area contributed by atoms with Crippen LogP contribution < -0.4 is 5.73 Å². The van der Waals surface area contributed by atoms with Gasteiger partial charge >= 0.3 is 0 Å². The summed E-state index contributed by atoms with van der Waals surface area (Å²) in [5.41, 5.74) is 6.49. The van der Waals surface area contributed by atoms with E-state index in [1.54, 1.807) is 12.3 Å². The van der Waals surface area contributed by atoms with E-state index < -0.39 is 5.91 Å². The van der Waals surface area contributed by atoms with E-state index in [0.717, 1.165) is 5.56 Å². The SMILES string of the molecule is CCc1c(C(N)=O)cc[nH]c1=S. The number of carbonyl (C=O) groups is 1. The second-order valence-corrected chi connectivity index (χ2v) is 2.83. The van der Waals surface area contributed by atoms with Gasteiger partial charge in [-0.1, -0.05) is 19.1 Å². The van der Waals surface area contributed by atoms with Crippen LogP contribution in [0.15, 0.2) is 12.3 Å². The Morgan fingerprint density at radius 1 is 1.75 bits per heavy atom. The van der Waals surface area contributed by atoms with Crippen LogP contribution in [0.3, 0.4) is 0 Å². The first-order valence-corrected chi connectivity index (χ1v) is 4.08. The number of hydrogen-bond donors (Lipinski definition) is 2. The average Bonchev–Trinajstić information content (AvgIpc) is 2.03. The lowest BCUT2D eigenvalue weighted by Gasteiger charge is -2.02. The van der Waals surface area contributed by atoms with E-state index in [4.69, 9.17) is 18.0 Å². The monoisotopic (exact) mass is 182 g/mol. The van der Waals surface area contributed by atoms with Gasteiger partial charge in [0.2, 0.25) is 5.91 Å². The molecule has 0 radical (unpaired) electrons. The Balaban J connectivity index is 3.38. The van der Waals surface area contributed by atoms with E-state index in [-0.39, 0.29) is 0 Å². The first-order chi connectivity index (χ1) is 5.66. The molecule has 0 bridgehead atoms. The minimum absolute atomic E-state index is 0.424. The largest absolute Gasteiger partial charge is 0.366 e. The lowest BCUT2D eigenvalue weighted by atomic mass is 10.1. The number of rotatable bonds is 2. The van der Waals surface area contributed by atoms with Gasteiger partial charge in [-0.25, -0.2) is 0 Å². The van der Waals surface area contributed by atoms with E-state index in [0.29, 0.717) is 16.6 Å². The van der Waals surface area contributed by atoms with E-state index in [9.17, 15) is 4.79 Å². The van der Waals surface area contributed by atoms with E-state index >= 15 is 0 Å². The molecule has 1 amide bonds. The maximum atomic E-state index is 10.9. The summed E-state index contributed by atoms with van der Waals surface area (Å²) < 4.78 is 0.591. The lowest BCUT2D eigenvalue weighted by molar-refractivity contribution is 0.0999. The number of nitrogens with one attached hydrogen (secondary N) is 1. The third-order valence-electron chi connectivity index (χ3n) is 1.68. The molecule has 64 valence electrons. The van der Waals surface area contributed by atoms with Crippen LogP contribution in [0.25, 0.3) is 0 Å². The van der Waals surface area contributed by atoms with Crippen molar-refractivity contribution in [3.63, 3.8) is 0 Å². The summed E-state index contributed by atoms with van der Waals surface area (Å²) >= 11 is 4.99. The second-order valence-electron chi connectivity index (χ2n) is 2.42. The highest BCUT2D eigenvalue weighted by atomic mass is 32.1. The summed E-state index contributed by atoms with van der Waals surface area (Å²) in [5.74, 6) is -0.424. The molecule has 12 heavy (non-hydrogen) atoms. The molecule has 0 fully saturated rings. The standard InChI is InChI=1S/C8H10N2OS/c1-2-5-6(7(9)11)3-4-10-8(5)12/h3-4H,2H2,1H3,(H2,9,11)(H,10,12). The van der Waals surface area contributed by atoms with Crippen LogP contribution in [0.1, 0.15) is 22.8 Å². The molecule has 0 spiro atoms. The minimum Gasteiger partial charge on any atom is -0.366 e. The number of primary amides is 1. The Labute approximate surface area is 75.6 Å². The maximum absolute atomic E-state index is 10.9. The van der Waals surface area contributed by atoms with Gasteiger partial charge in [-0.2, -0.15) is 0 Å². The average molecular weight is 182 g/mol. The molecule has 1 heterocycles. The normalized spacial score (nSPS) is 9.75. The van der Waals surface area contributed by atoms with Crippen LogP contribution in [0.2, 0.25) is 0 Å². The van der Waals surface area contributed by atoms with Gasteiger partial charge in [0.25, 0.3) is 0 Å². The van der Waals surface area contributed by atoms with Gasteiger partial charge in [-0.3, -0.25) is 4.79 Å². The third-order valence-corrected chi connectivity index (χ3v) is 2.05. The zero-order valence-electron chi connectivity index (χ0n) is 6.76. The van der Waals surface area contributed by atoms with Gasteiger partial charge in [-0.15, -0.1) is 0 Å². The van der Waals surface area contributed by atoms with Crippen LogP contribution in [0, 0.1) is 4.64 Å². The highest BCUT2D eigenvalue weighted by molar-refractivity contribution is 7.71. The molecule has 0 aromatic carbocycles. The fourth-order valence-corrected chi connectivity index (χ4v) is 1.41. The van der Waals surface area contributed by atoms with Gasteiger partial charge in [0.1, 0.15) is 4.64 Å². The fourth-order valence-electron chi connectivity index (χ4n) is 1.09. The molecular weight excluding hydrogens is 172 g/mol. The van der Waals surface area contributed by atoms with Crippen LogP contribution in [-0.2, 0) is 6.42 Å². The Hall–Kier alpha value is -1.16. The molecule has 0 saturated carbocycles. The highest BCUT2D eigenvalue weighted by Gasteiger charge is 2.06. The van der Waals surface area contributed by atoms with Crippen molar-refractivity contribution in [1.82, 2.24) is 4.98 Å². The molecule has 0 aliphatic carbocycles. The summed E-state index contributed by atoms with van der Waals surface area (Å²) in [4.78, 5) is 13.7. The first kappa shape index (κ1) is 8.93.